The fourth-order valence-electron chi connectivity index (χ4n) is 14.4. The van der Waals surface area contributed by atoms with Crippen LogP contribution in [0.1, 0.15) is 101 Å². The van der Waals surface area contributed by atoms with Crippen molar-refractivity contribution in [1.82, 2.24) is 9.13 Å². The zero-order valence-electron chi connectivity index (χ0n) is 37.3. The maximum atomic E-state index is 13.1. The molecule has 3 N–H and O–H groups in total. The van der Waals surface area contributed by atoms with Crippen molar-refractivity contribution in [2.45, 2.75) is 103 Å². The summed E-state index contributed by atoms with van der Waals surface area (Å²) in [6.07, 6.45) is 21.0. The standard InChI is InChI=1S/C28H30N2O2.C16H14N2O.C12H17ClO/c31-26(17-28-14-20-11-21(15-28)13-22(12-20)16-28)29-25-8-4-7-24-23(25)9-10-30(27(24)32)18-19-5-2-1-3-6-19;17-15-8-4-7-14-13(15)9-10-18(16(14)19)11-12-5-2-1-3-6-12;13-11(14)7-12-4-8-1-9(5-12)3-10(2-8)6-12/h1-10,20-22H,11-18H2,(H,29,31);1-10H,11,17H2;8-10H,1-7H2. The summed E-state index contributed by atoms with van der Waals surface area (Å²) in [5.41, 5.74) is 9.99. The lowest BCUT2D eigenvalue weighted by Gasteiger charge is -2.56. The summed E-state index contributed by atoms with van der Waals surface area (Å²) in [5.74, 6) is 5.42. The molecule has 8 bridgehead atoms. The van der Waals surface area contributed by atoms with Gasteiger partial charge in [-0.25, -0.2) is 0 Å². The number of carbonyl (C=O) groups is 2. The van der Waals surface area contributed by atoms with Gasteiger partial charge in [0.1, 0.15) is 0 Å². The number of nitrogens with zero attached hydrogens (tertiary/aromatic N) is 2. The molecular weight excluding hydrogens is 828 g/mol. The molecule has 6 aromatic rings. The van der Waals surface area contributed by atoms with Gasteiger partial charge in [-0.05, 0) is 183 Å². The second kappa shape index (κ2) is 18.1. The Balaban J connectivity index is 0.000000127. The summed E-state index contributed by atoms with van der Waals surface area (Å²) in [7, 11) is 0. The molecule has 0 aliphatic heterocycles. The molecule has 8 fully saturated rings. The molecule has 2 heterocycles. The molecule has 8 saturated carbocycles. The predicted octanol–water partition coefficient (Wildman–Crippen LogP) is 11.6. The van der Waals surface area contributed by atoms with E-state index in [1.807, 2.05) is 115 Å². The molecule has 65 heavy (non-hydrogen) atoms. The molecular formula is C56H61ClN4O4. The Kier molecular flexibility index (Phi) is 12.1. The molecule has 0 unspecified atom stereocenters. The molecule has 1 amide bonds. The highest BCUT2D eigenvalue weighted by atomic mass is 35.5. The number of anilines is 2. The van der Waals surface area contributed by atoms with Crippen molar-refractivity contribution in [2.24, 2.45) is 46.3 Å². The Labute approximate surface area is 386 Å². The molecule has 0 spiro atoms. The number of nitrogens with one attached hydrogen (secondary N) is 1. The summed E-state index contributed by atoms with van der Waals surface area (Å²) in [6, 6.07) is 34.9. The van der Waals surface area contributed by atoms with E-state index in [0.29, 0.717) is 47.8 Å². The average Bonchev–Trinajstić information content (AvgIpc) is 3.26. The third-order valence-electron chi connectivity index (χ3n) is 16.1. The summed E-state index contributed by atoms with van der Waals surface area (Å²) in [5, 5.41) is 6.02. The van der Waals surface area contributed by atoms with Gasteiger partial charge in [0.15, 0.2) is 0 Å². The van der Waals surface area contributed by atoms with Gasteiger partial charge >= 0.3 is 0 Å². The Bertz CT molecular complexity index is 2760. The van der Waals surface area contributed by atoms with E-state index in [4.69, 9.17) is 17.3 Å². The van der Waals surface area contributed by atoms with Gasteiger partial charge < -0.3 is 20.2 Å². The smallest absolute Gasteiger partial charge is 0.258 e. The van der Waals surface area contributed by atoms with Crippen LogP contribution in [0.2, 0.25) is 0 Å². The predicted molar refractivity (Wildman–Crippen MR) is 262 cm³/mol. The van der Waals surface area contributed by atoms with Crippen molar-refractivity contribution >= 4 is 55.7 Å². The summed E-state index contributed by atoms with van der Waals surface area (Å²) >= 11 is 5.57. The minimum Gasteiger partial charge on any atom is -0.398 e. The van der Waals surface area contributed by atoms with E-state index in [1.165, 1.54) is 77.0 Å². The number of hydrogen-bond acceptors (Lipinski definition) is 5. The first kappa shape index (κ1) is 43.4. The van der Waals surface area contributed by atoms with Crippen LogP contribution in [-0.2, 0) is 22.7 Å². The minimum atomic E-state index is -0.105. The van der Waals surface area contributed by atoms with Crippen LogP contribution in [0.4, 0.5) is 11.4 Å². The average molecular weight is 890 g/mol. The van der Waals surface area contributed by atoms with Crippen LogP contribution in [0.5, 0.6) is 0 Å². The fourth-order valence-corrected chi connectivity index (χ4v) is 14.7. The lowest BCUT2D eigenvalue weighted by Crippen LogP contribution is -2.47. The highest BCUT2D eigenvalue weighted by Gasteiger charge is 2.52. The highest BCUT2D eigenvalue weighted by molar-refractivity contribution is 6.63. The Morgan fingerprint density at radius 1 is 0.523 bits per heavy atom. The van der Waals surface area contributed by atoms with E-state index in [-0.39, 0.29) is 27.7 Å². The zero-order valence-corrected chi connectivity index (χ0v) is 38.1. The number of aromatic nitrogens is 2. The van der Waals surface area contributed by atoms with Crippen molar-refractivity contribution in [2.75, 3.05) is 11.1 Å². The second-order valence-corrected chi connectivity index (χ2v) is 21.6. The highest BCUT2D eigenvalue weighted by Crippen LogP contribution is 2.62. The minimum absolute atomic E-state index is 0.00588. The molecule has 336 valence electrons. The first-order valence-corrected chi connectivity index (χ1v) is 24.4. The zero-order chi connectivity index (χ0) is 44.7. The summed E-state index contributed by atoms with van der Waals surface area (Å²) in [4.78, 5) is 49.7. The third-order valence-corrected chi connectivity index (χ3v) is 16.2. The Hall–Kier alpha value is -5.47. The first-order chi connectivity index (χ1) is 31.5. The van der Waals surface area contributed by atoms with Crippen LogP contribution in [0.25, 0.3) is 21.5 Å². The number of nitrogens with two attached hydrogens (primary N) is 1. The van der Waals surface area contributed by atoms with Crippen LogP contribution in [0.3, 0.4) is 0 Å². The summed E-state index contributed by atoms with van der Waals surface area (Å²) < 4.78 is 3.44. The second-order valence-electron chi connectivity index (χ2n) is 21.1. The van der Waals surface area contributed by atoms with E-state index < -0.39 is 0 Å². The molecule has 14 rings (SSSR count). The van der Waals surface area contributed by atoms with Crippen LogP contribution in [0.15, 0.2) is 131 Å². The molecule has 8 aliphatic rings. The number of pyridine rings is 2. The quantitative estimate of drug-likeness (QED) is 0.111. The van der Waals surface area contributed by atoms with Gasteiger partial charge in [-0.2, -0.15) is 0 Å². The van der Waals surface area contributed by atoms with Gasteiger partial charge in [0.2, 0.25) is 11.1 Å². The maximum Gasteiger partial charge on any atom is 0.258 e. The van der Waals surface area contributed by atoms with Gasteiger partial charge in [0.25, 0.3) is 11.1 Å². The molecule has 0 atom stereocenters. The Morgan fingerprint density at radius 3 is 1.40 bits per heavy atom. The normalized spacial score (nSPS) is 27.7. The molecule has 2 aromatic heterocycles. The molecule has 4 aromatic carbocycles. The number of fused-ring (bicyclic) bond motifs is 2. The number of hydrogen-bond donors (Lipinski definition) is 2. The summed E-state index contributed by atoms with van der Waals surface area (Å²) in [6.45, 7) is 1.11. The fraction of sp³-hybridized carbons (Fsp3) is 0.429. The SMILES string of the molecule is Nc1cccc2c(=O)n(Cc3ccccc3)ccc12.O=C(CC12CC3CC(CC(C3)C1)C2)Nc1cccc2c(=O)n(Cc3ccccc3)ccc12.O=C(Cl)CC12CC3CC(CC(C3)C1)C2. The van der Waals surface area contributed by atoms with Gasteiger partial charge in [0.05, 0.1) is 13.1 Å². The molecule has 0 radical (unpaired) electrons. The molecule has 0 saturated heterocycles. The van der Waals surface area contributed by atoms with Crippen LogP contribution < -0.4 is 22.2 Å². The van der Waals surface area contributed by atoms with Crippen molar-refractivity contribution in [3.05, 3.63) is 153 Å². The third kappa shape index (κ3) is 9.47. The molecule has 9 heteroatoms. The van der Waals surface area contributed by atoms with Gasteiger partial charge in [-0.3, -0.25) is 19.2 Å². The van der Waals surface area contributed by atoms with E-state index >= 15 is 0 Å². The number of amides is 1. The van der Waals surface area contributed by atoms with E-state index in [0.717, 1.165) is 63.1 Å². The Morgan fingerprint density at radius 2 is 0.938 bits per heavy atom. The van der Waals surface area contributed by atoms with Crippen molar-refractivity contribution in [3.8, 4) is 0 Å². The lowest BCUT2D eigenvalue weighted by atomic mass is 9.49. The molecule has 8 nitrogen and oxygen atoms in total. The van der Waals surface area contributed by atoms with E-state index in [9.17, 15) is 19.2 Å². The van der Waals surface area contributed by atoms with Crippen LogP contribution in [0, 0.1) is 46.3 Å². The lowest BCUT2D eigenvalue weighted by molar-refractivity contribution is -0.124. The van der Waals surface area contributed by atoms with Crippen molar-refractivity contribution < 1.29 is 9.59 Å². The number of carbonyl (C=O) groups excluding carboxylic acids is 2. The van der Waals surface area contributed by atoms with E-state index in [2.05, 4.69) is 5.32 Å². The first-order valence-electron chi connectivity index (χ1n) is 24.0. The topological polar surface area (TPSA) is 116 Å². The molecule has 8 aliphatic carbocycles. The maximum absolute atomic E-state index is 13.1. The monoisotopic (exact) mass is 888 g/mol. The van der Waals surface area contributed by atoms with E-state index in [1.54, 1.807) is 15.3 Å². The largest absolute Gasteiger partial charge is 0.398 e. The van der Waals surface area contributed by atoms with Gasteiger partial charge in [-0.1, -0.05) is 72.8 Å². The number of halogens is 1. The van der Waals surface area contributed by atoms with Gasteiger partial charge in [-0.15, -0.1) is 0 Å². The van der Waals surface area contributed by atoms with Crippen LogP contribution >= 0.6 is 11.6 Å². The van der Waals surface area contributed by atoms with Crippen molar-refractivity contribution in [3.63, 3.8) is 0 Å². The van der Waals surface area contributed by atoms with Crippen molar-refractivity contribution in [1.29, 1.82) is 0 Å². The number of benzene rings is 4. The number of rotatable bonds is 9. The van der Waals surface area contributed by atoms with Gasteiger partial charge in [0, 0.05) is 58.2 Å². The van der Waals surface area contributed by atoms with Crippen LogP contribution in [-0.4, -0.2) is 20.3 Å². The number of nitrogen functional groups attached to an aromatic ring is 1.